The summed E-state index contributed by atoms with van der Waals surface area (Å²) in [6.07, 6.45) is 0. The van der Waals surface area contributed by atoms with E-state index in [4.69, 9.17) is 4.74 Å². The Morgan fingerprint density at radius 2 is 2.20 bits per heavy atom. The summed E-state index contributed by atoms with van der Waals surface area (Å²) in [6.45, 7) is 6.60. The number of phenols is 1. The molecule has 0 aliphatic carbocycles. The highest BCUT2D eigenvalue weighted by molar-refractivity contribution is 5.51. The van der Waals surface area contributed by atoms with Crippen LogP contribution in [0.4, 0.5) is 5.69 Å². The van der Waals surface area contributed by atoms with Crippen LogP contribution < -0.4 is 5.32 Å². The fourth-order valence-electron chi connectivity index (χ4n) is 1.59. The Morgan fingerprint density at radius 1 is 1.47 bits per heavy atom. The maximum atomic E-state index is 9.54. The number of phenolic OH excluding ortho intramolecular Hbond substituents is 1. The summed E-state index contributed by atoms with van der Waals surface area (Å²) >= 11 is 0. The lowest BCUT2D eigenvalue weighted by Gasteiger charge is -2.38. The molecule has 0 radical (unpaired) electrons. The molecule has 1 aromatic carbocycles. The summed E-state index contributed by atoms with van der Waals surface area (Å²) in [4.78, 5) is 0. The number of nitrogens with one attached hydrogen (secondary N) is 1. The first kappa shape index (κ1) is 10.3. The van der Waals surface area contributed by atoms with E-state index in [1.54, 1.807) is 6.07 Å². The molecule has 1 aliphatic heterocycles. The van der Waals surface area contributed by atoms with Crippen molar-refractivity contribution in [2.24, 2.45) is 5.41 Å². The largest absolute Gasteiger partial charge is 0.508 e. The molecule has 1 aromatic rings. The van der Waals surface area contributed by atoms with Gasteiger partial charge in [-0.3, -0.25) is 0 Å². The molecule has 1 saturated heterocycles. The van der Waals surface area contributed by atoms with Gasteiger partial charge in [0.25, 0.3) is 0 Å². The van der Waals surface area contributed by atoms with Crippen molar-refractivity contribution in [3.63, 3.8) is 0 Å². The molecular weight excluding hydrogens is 190 g/mol. The summed E-state index contributed by atoms with van der Waals surface area (Å²) in [5.41, 5.74) is 2.12. The minimum atomic E-state index is 0.251. The maximum absolute atomic E-state index is 9.54. The zero-order chi connectivity index (χ0) is 10.9. The molecule has 0 unspecified atom stereocenters. The average molecular weight is 207 g/mol. The highest BCUT2D eigenvalue weighted by Crippen LogP contribution is 2.28. The van der Waals surface area contributed by atoms with Crippen molar-refractivity contribution < 1.29 is 9.84 Å². The highest BCUT2D eigenvalue weighted by Gasteiger charge is 2.32. The van der Waals surface area contributed by atoms with E-state index in [-0.39, 0.29) is 5.41 Å². The van der Waals surface area contributed by atoms with Gasteiger partial charge in [-0.05, 0) is 18.6 Å². The molecule has 0 saturated carbocycles. The van der Waals surface area contributed by atoms with Crippen LogP contribution in [0, 0.1) is 12.3 Å². The van der Waals surface area contributed by atoms with Gasteiger partial charge in [0.05, 0.1) is 13.2 Å². The van der Waals surface area contributed by atoms with Crippen molar-refractivity contribution in [1.29, 1.82) is 0 Å². The Morgan fingerprint density at radius 3 is 2.73 bits per heavy atom. The predicted molar refractivity (Wildman–Crippen MR) is 60.3 cm³/mol. The van der Waals surface area contributed by atoms with E-state index in [1.165, 1.54) is 0 Å². The molecule has 1 heterocycles. The van der Waals surface area contributed by atoms with Crippen molar-refractivity contribution in [2.45, 2.75) is 13.8 Å². The lowest BCUT2D eigenvalue weighted by atomic mass is 9.88. The van der Waals surface area contributed by atoms with Crippen molar-refractivity contribution in [1.82, 2.24) is 0 Å². The van der Waals surface area contributed by atoms with Gasteiger partial charge in [0.2, 0.25) is 0 Å². The zero-order valence-corrected chi connectivity index (χ0v) is 9.21. The van der Waals surface area contributed by atoms with Gasteiger partial charge in [0, 0.05) is 23.7 Å². The Bertz CT molecular complexity index is 359. The third-order valence-electron chi connectivity index (χ3n) is 2.83. The van der Waals surface area contributed by atoms with Gasteiger partial charge in [0.1, 0.15) is 5.75 Å². The standard InChI is InChI=1S/C12H17NO2/c1-9-3-4-10(5-11(9)14)13-6-12(2)7-15-8-12/h3-5,13-14H,6-8H2,1-2H3. The smallest absolute Gasteiger partial charge is 0.120 e. The van der Waals surface area contributed by atoms with Crippen LogP contribution in [0.5, 0.6) is 5.75 Å². The lowest BCUT2D eigenvalue weighted by Crippen LogP contribution is -2.45. The van der Waals surface area contributed by atoms with E-state index in [2.05, 4.69) is 12.2 Å². The van der Waals surface area contributed by atoms with E-state index in [1.807, 2.05) is 19.1 Å². The normalized spacial score (nSPS) is 18.3. The van der Waals surface area contributed by atoms with E-state index in [0.717, 1.165) is 31.0 Å². The van der Waals surface area contributed by atoms with Crippen LogP contribution in [0.2, 0.25) is 0 Å². The average Bonchev–Trinajstić information content (AvgIpc) is 2.17. The van der Waals surface area contributed by atoms with Crippen molar-refractivity contribution >= 4 is 5.69 Å². The summed E-state index contributed by atoms with van der Waals surface area (Å²) in [5.74, 6) is 0.343. The van der Waals surface area contributed by atoms with Crippen molar-refractivity contribution in [2.75, 3.05) is 25.1 Å². The van der Waals surface area contributed by atoms with Gasteiger partial charge < -0.3 is 15.2 Å². The molecule has 82 valence electrons. The minimum absolute atomic E-state index is 0.251. The van der Waals surface area contributed by atoms with Crippen LogP contribution in [-0.2, 0) is 4.74 Å². The monoisotopic (exact) mass is 207 g/mol. The molecule has 2 rings (SSSR count). The second kappa shape index (κ2) is 3.74. The number of rotatable bonds is 3. The quantitative estimate of drug-likeness (QED) is 0.798. The molecular formula is C12H17NO2. The Kier molecular flexibility index (Phi) is 2.57. The van der Waals surface area contributed by atoms with Gasteiger partial charge in [-0.1, -0.05) is 13.0 Å². The first-order valence-corrected chi connectivity index (χ1v) is 5.20. The number of hydrogen-bond donors (Lipinski definition) is 2. The second-order valence-electron chi connectivity index (χ2n) is 4.66. The minimum Gasteiger partial charge on any atom is -0.508 e. The predicted octanol–water partition coefficient (Wildman–Crippen LogP) is 2.15. The SMILES string of the molecule is Cc1ccc(NCC2(C)COC2)cc1O. The number of anilines is 1. The summed E-state index contributed by atoms with van der Waals surface area (Å²) < 4.78 is 5.18. The lowest BCUT2D eigenvalue weighted by molar-refractivity contribution is -0.0924. The second-order valence-corrected chi connectivity index (χ2v) is 4.66. The zero-order valence-electron chi connectivity index (χ0n) is 9.21. The number of ether oxygens (including phenoxy) is 1. The Labute approximate surface area is 90.1 Å². The summed E-state index contributed by atoms with van der Waals surface area (Å²) in [6, 6.07) is 5.66. The van der Waals surface area contributed by atoms with Crippen LogP contribution in [0.1, 0.15) is 12.5 Å². The van der Waals surface area contributed by atoms with Crippen LogP contribution in [0.3, 0.4) is 0 Å². The number of aryl methyl sites for hydroxylation is 1. The Balaban J connectivity index is 1.96. The van der Waals surface area contributed by atoms with Gasteiger partial charge in [-0.2, -0.15) is 0 Å². The van der Waals surface area contributed by atoms with Crippen molar-refractivity contribution in [3.05, 3.63) is 23.8 Å². The van der Waals surface area contributed by atoms with Gasteiger partial charge in [-0.15, -0.1) is 0 Å². The molecule has 2 N–H and O–H groups in total. The van der Waals surface area contributed by atoms with Crippen molar-refractivity contribution in [3.8, 4) is 5.75 Å². The first-order valence-electron chi connectivity index (χ1n) is 5.20. The van der Waals surface area contributed by atoms with Crippen LogP contribution in [-0.4, -0.2) is 24.9 Å². The molecule has 15 heavy (non-hydrogen) atoms. The number of hydrogen-bond acceptors (Lipinski definition) is 3. The fourth-order valence-corrected chi connectivity index (χ4v) is 1.59. The molecule has 0 bridgehead atoms. The number of aromatic hydroxyl groups is 1. The maximum Gasteiger partial charge on any atom is 0.120 e. The van der Waals surface area contributed by atoms with E-state index < -0.39 is 0 Å². The van der Waals surface area contributed by atoms with E-state index in [9.17, 15) is 5.11 Å². The van der Waals surface area contributed by atoms with Crippen LogP contribution in [0.25, 0.3) is 0 Å². The van der Waals surface area contributed by atoms with Gasteiger partial charge in [0.15, 0.2) is 0 Å². The molecule has 0 amide bonds. The Hall–Kier alpha value is -1.22. The number of benzene rings is 1. The van der Waals surface area contributed by atoms with Crippen LogP contribution in [0.15, 0.2) is 18.2 Å². The molecule has 1 aliphatic rings. The molecule has 0 atom stereocenters. The summed E-state index contributed by atoms with van der Waals surface area (Å²) in [5, 5.41) is 12.9. The molecule has 3 nitrogen and oxygen atoms in total. The molecule has 0 aromatic heterocycles. The van der Waals surface area contributed by atoms with Gasteiger partial charge in [-0.25, -0.2) is 0 Å². The first-order chi connectivity index (χ1) is 7.09. The van der Waals surface area contributed by atoms with Gasteiger partial charge >= 0.3 is 0 Å². The molecule has 1 fully saturated rings. The molecule has 0 spiro atoms. The summed E-state index contributed by atoms with van der Waals surface area (Å²) in [7, 11) is 0. The third-order valence-corrected chi connectivity index (χ3v) is 2.83. The van der Waals surface area contributed by atoms with Crippen LogP contribution >= 0.6 is 0 Å². The fraction of sp³-hybridized carbons (Fsp3) is 0.500. The highest BCUT2D eigenvalue weighted by atomic mass is 16.5. The van der Waals surface area contributed by atoms with E-state index in [0.29, 0.717) is 5.75 Å². The molecule has 3 heteroatoms. The topological polar surface area (TPSA) is 41.5 Å². The van der Waals surface area contributed by atoms with E-state index >= 15 is 0 Å². The third kappa shape index (κ3) is 2.23.